The number of carbonyl (C=O) groups is 1. The summed E-state index contributed by atoms with van der Waals surface area (Å²) in [5.74, 6) is -5.10. The number of halogens is 4. The Labute approximate surface area is 103 Å². The third-order valence-electron chi connectivity index (χ3n) is 1.93. The van der Waals surface area contributed by atoms with E-state index in [9.17, 15) is 23.1 Å². The molecule has 0 spiro atoms. The molecular weight excluding hydrogens is 305 g/mol. The number of rotatable bonds is 3. The van der Waals surface area contributed by atoms with Crippen molar-refractivity contribution >= 4 is 21.9 Å². The molecule has 0 aliphatic rings. The molecule has 0 saturated heterocycles. The van der Waals surface area contributed by atoms with Crippen LogP contribution in [0.2, 0.25) is 0 Å². The van der Waals surface area contributed by atoms with Gasteiger partial charge in [0.15, 0.2) is 6.10 Å². The van der Waals surface area contributed by atoms with Crippen molar-refractivity contribution in [3.8, 4) is 0 Å². The molecule has 1 aromatic rings. The SMILES string of the molecule is CCOC(=O)C(O)c1c(F)cc(F)c(Br)c1F. The standard InChI is InChI=1S/C10H8BrF3O3/c1-2-17-10(16)9(15)6-4(12)3-5(13)7(11)8(6)14/h3,9,15H,2H2,1H3. The van der Waals surface area contributed by atoms with Gasteiger partial charge in [0, 0.05) is 6.07 Å². The van der Waals surface area contributed by atoms with E-state index in [1.54, 1.807) is 0 Å². The zero-order valence-corrected chi connectivity index (χ0v) is 10.2. The van der Waals surface area contributed by atoms with Gasteiger partial charge in [-0.05, 0) is 22.9 Å². The van der Waals surface area contributed by atoms with Crippen molar-refractivity contribution in [3.63, 3.8) is 0 Å². The highest BCUT2D eigenvalue weighted by Gasteiger charge is 2.28. The molecule has 17 heavy (non-hydrogen) atoms. The van der Waals surface area contributed by atoms with Crippen LogP contribution >= 0.6 is 15.9 Å². The fourth-order valence-corrected chi connectivity index (χ4v) is 1.50. The molecule has 1 atom stereocenters. The van der Waals surface area contributed by atoms with E-state index in [4.69, 9.17) is 0 Å². The molecule has 0 bridgehead atoms. The molecule has 0 aromatic heterocycles. The topological polar surface area (TPSA) is 46.5 Å². The molecule has 1 unspecified atom stereocenters. The number of aliphatic hydroxyl groups is 1. The van der Waals surface area contributed by atoms with Gasteiger partial charge in [0.1, 0.15) is 17.5 Å². The minimum Gasteiger partial charge on any atom is -0.464 e. The summed E-state index contributed by atoms with van der Waals surface area (Å²) >= 11 is 2.54. The lowest BCUT2D eigenvalue weighted by Crippen LogP contribution is -2.18. The molecule has 1 rings (SSSR count). The normalized spacial score (nSPS) is 12.4. The number of carbonyl (C=O) groups excluding carboxylic acids is 1. The molecule has 7 heteroatoms. The minimum atomic E-state index is -2.13. The third-order valence-corrected chi connectivity index (χ3v) is 2.66. The zero-order chi connectivity index (χ0) is 13.2. The quantitative estimate of drug-likeness (QED) is 0.530. The van der Waals surface area contributed by atoms with Crippen LogP contribution in [0.4, 0.5) is 13.2 Å². The lowest BCUT2D eigenvalue weighted by atomic mass is 10.1. The summed E-state index contributed by atoms with van der Waals surface area (Å²) in [7, 11) is 0. The lowest BCUT2D eigenvalue weighted by molar-refractivity contribution is -0.153. The summed E-state index contributed by atoms with van der Waals surface area (Å²) in [4.78, 5) is 11.1. The van der Waals surface area contributed by atoms with Gasteiger partial charge in [0.2, 0.25) is 0 Å². The maximum absolute atomic E-state index is 13.5. The van der Waals surface area contributed by atoms with Gasteiger partial charge in [0.25, 0.3) is 0 Å². The third kappa shape index (κ3) is 2.78. The average Bonchev–Trinajstić information content (AvgIpc) is 2.26. The number of aliphatic hydroxyl groups excluding tert-OH is 1. The van der Waals surface area contributed by atoms with Crippen LogP contribution < -0.4 is 0 Å². The molecule has 1 aromatic carbocycles. The first kappa shape index (κ1) is 14.0. The van der Waals surface area contributed by atoms with E-state index in [2.05, 4.69) is 20.7 Å². The molecule has 94 valence electrons. The second-order valence-electron chi connectivity index (χ2n) is 3.04. The summed E-state index contributed by atoms with van der Waals surface area (Å²) in [6.45, 7) is 1.42. The monoisotopic (exact) mass is 312 g/mol. The highest BCUT2D eigenvalue weighted by atomic mass is 79.9. The molecule has 0 heterocycles. The first-order chi connectivity index (χ1) is 7.90. The van der Waals surface area contributed by atoms with Crippen molar-refractivity contribution in [1.29, 1.82) is 0 Å². The fraction of sp³-hybridized carbons (Fsp3) is 0.300. The summed E-state index contributed by atoms with van der Waals surface area (Å²) in [5.41, 5.74) is -0.947. The molecule has 0 amide bonds. The highest BCUT2D eigenvalue weighted by Crippen LogP contribution is 2.29. The number of benzene rings is 1. The van der Waals surface area contributed by atoms with E-state index in [0.717, 1.165) is 0 Å². The Morgan fingerprint density at radius 1 is 1.47 bits per heavy atom. The molecule has 0 radical (unpaired) electrons. The predicted octanol–water partition coefficient (Wildman–Crippen LogP) is 2.46. The Morgan fingerprint density at radius 3 is 2.59 bits per heavy atom. The Bertz CT molecular complexity index is 451. The van der Waals surface area contributed by atoms with Gasteiger partial charge < -0.3 is 9.84 Å². The van der Waals surface area contributed by atoms with Crippen LogP contribution in [0.25, 0.3) is 0 Å². The maximum Gasteiger partial charge on any atom is 0.339 e. The van der Waals surface area contributed by atoms with Gasteiger partial charge in [-0.15, -0.1) is 0 Å². The summed E-state index contributed by atoms with van der Waals surface area (Å²) < 4.78 is 43.4. The van der Waals surface area contributed by atoms with E-state index in [1.165, 1.54) is 6.92 Å². The zero-order valence-electron chi connectivity index (χ0n) is 8.64. The molecule has 3 nitrogen and oxygen atoms in total. The molecule has 0 aliphatic carbocycles. The number of hydrogen-bond donors (Lipinski definition) is 1. The van der Waals surface area contributed by atoms with Crippen LogP contribution in [0, 0.1) is 17.5 Å². The van der Waals surface area contributed by atoms with E-state index >= 15 is 0 Å². The summed E-state index contributed by atoms with van der Waals surface area (Å²) in [5, 5.41) is 9.40. The van der Waals surface area contributed by atoms with Crippen LogP contribution in [0.5, 0.6) is 0 Å². The first-order valence-corrected chi connectivity index (χ1v) is 5.37. The first-order valence-electron chi connectivity index (χ1n) is 4.57. The van der Waals surface area contributed by atoms with Crippen molar-refractivity contribution < 1.29 is 27.8 Å². The summed E-state index contributed by atoms with van der Waals surface area (Å²) in [6.07, 6.45) is -2.13. The average molecular weight is 313 g/mol. The van der Waals surface area contributed by atoms with Crippen LogP contribution in [0.15, 0.2) is 10.5 Å². The van der Waals surface area contributed by atoms with Gasteiger partial charge in [-0.2, -0.15) is 0 Å². The molecule has 0 saturated carbocycles. The van der Waals surface area contributed by atoms with Crippen molar-refractivity contribution in [2.75, 3.05) is 6.61 Å². The molecule has 0 fully saturated rings. The maximum atomic E-state index is 13.5. The van der Waals surface area contributed by atoms with Gasteiger partial charge >= 0.3 is 5.97 Å². The Balaban J connectivity index is 3.22. The van der Waals surface area contributed by atoms with Gasteiger partial charge in [-0.3, -0.25) is 0 Å². The van der Waals surface area contributed by atoms with Crippen LogP contribution in [-0.2, 0) is 9.53 Å². The summed E-state index contributed by atoms with van der Waals surface area (Å²) in [6, 6.07) is 0.366. The van der Waals surface area contributed by atoms with Crippen LogP contribution in [0.1, 0.15) is 18.6 Å². The molecule has 1 N–H and O–H groups in total. The lowest BCUT2D eigenvalue weighted by Gasteiger charge is -2.12. The van der Waals surface area contributed by atoms with Crippen LogP contribution in [-0.4, -0.2) is 17.7 Å². The molecular formula is C10H8BrF3O3. The number of esters is 1. The highest BCUT2D eigenvalue weighted by molar-refractivity contribution is 9.10. The smallest absolute Gasteiger partial charge is 0.339 e. The Hall–Kier alpha value is -1.08. The van der Waals surface area contributed by atoms with Crippen molar-refractivity contribution in [2.45, 2.75) is 13.0 Å². The van der Waals surface area contributed by atoms with Gasteiger partial charge in [-0.25, -0.2) is 18.0 Å². The molecule has 0 aliphatic heterocycles. The van der Waals surface area contributed by atoms with Gasteiger partial charge in [-0.1, -0.05) is 0 Å². The minimum absolute atomic E-state index is 0.0541. The Kier molecular flexibility index (Phi) is 4.53. The van der Waals surface area contributed by atoms with Crippen molar-refractivity contribution in [1.82, 2.24) is 0 Å². The van der Waals surface area contributed by atoms with Crippen molar-refractivity contribution in [3.05, 3.63) is 33.6 Å². The number of hydrogen-bond acceptors (Lipinski definition) is 3. The predicted molar refractivity (Wildman–Crippen MR) is 55.6 cm³/mol. The van der Waals surface area contributed by atoms with E-state index in [1.807, 2.05) is 0 Å². The van der Waals surface area contributed by atoms with Crippen molar-refractivity contribution in [2.24, 2.45) is 0 Å². The Morgan fingerprint density at radius 2 is 2.06 bits per heavy atom. The number of ether oxygens (including phenoxy) is 1. The van der Waals surface area contributed by atoms with E-state index in [0.29, 0.717) is 6.07 Å². The van der Waals surface area contributed by atoms with Gasteiger partial charge in [0.05, 0.1) is 16.6 Å². The van der Waals surface area contributed by atoms with Crippen LogP contribution in [0.3, 0.4) is 0 Å². The van der Waals surface area contributed by atoms with E-state index in [-0.39, 0.29) is 6.61 Å². The second-order valence-corrected chi connectivity index (χ2v) is 3.83. The second kappa shape index (κ2) is 5.50. The fourth-order valence-electron chi connectivity index (χ4n) is 1.17. The van der Waals surface area contributed by atoms with E-state index < -0.39 is 39.6 Å². The largest absolute Gasteiger partial charge is 0.464 e.